The van der Waals surface area contributed by atoms with Gasteiger partial charge in [-0.2, -0.15) is 4.68 Å². The molecule has 0 aliphatic heterocycles. The van der Waals surface area contributed by atoms with E-state index in [1.807, 2.05) is 23.5 Å². The van der Waals surface area contributed by atoms with Gasteiger partial charge in [-0.25, -0.2) is 0 Å². The van der Waals surface area contributed by atoms with Crippen LogP contribution < -0.4 is 17.1 Å². The van der Waals surface area contributed by atoms with Crippen LogP contribution in [0.15, 0.2) is 12.4 Å². The third-order valence-corrected chi connectivity index (χ3v) is 1.28. The average Bonchev–Trinajstić information content (AvgIpc) is 1.85. The summed E-state index contributed by atoms with van der Waals surface area (Å²) in [6, 6.07) is 0. The van der Waals surface area contributed by atoms with Crippen LogP contribution >= 0.6 is 0 Å². The van der Waals surface area contributed by atoms with Gasteiger partial charge in [0.25, 0.3) is 0 Å². The predicted molar refractivity (Wildman–Crippen MR) is 31.3 cm³/mol. The van der Waals surface area contributed by atoms with E-state index in [0.717, 1.165) is 0 Å². The molecule has 0 bridgehead atoms. The van der Waals surface area contributed by atoms with Crippen LogP contribution in [0.2, 0.25) is 0 Å². The third-order valence-electron chi connectivity index (χ3n) is 1.28. The number of halogens is 1. The molecule has 1 rings (SSSR count). The number of nitrogens with zero attached hydrogens (tertiary/aromatic N) is 2. The third kappa shape index (κ3) is 1.72. The Kier molecular flexibility index (Phi) is 2.71. The van der Waals surface area contributed by atoms with Crippen LogP contribution in [0.5, 0.6) is 0 Å². The summed E-state index contributed by atoms with van der Waals surface area (Å²) in [4.78, 5) is 0. The van der Waals surface area contributed by atoms with E-state index in [1.54, 1.807) is 0 Å². The minimum absolute atomic E-state index is 0. The first-order valence-corrected chi connectivity index (χ1v) is 2.69. The normalized spacial score (nSPS) is 8.78. The fraction of sp³-hybridized carbons (Fsp3) is 0.500. The van der Waals surface area contributed by atoms with Crippen molar-refractivity contribution in [1.29, 1.82) is 0 Å². The van der Waals surface area contributed by atoms with E-state index in [9.17, 15) is 0 Å². The zero-order valence-electron chi connectivity index (χ0n) is 5.93. The highest BCUT2D eigenvalue weighted by Crippen LogP contribution is 1.86. The molecule has 0 amide bonds. The molecular formula is C6H11ClN2. The summed E-state index contributed by atoms with van der Waals surface area (Å²) < 4.78 is 4.07. The van der Waals surface area contributed by atoms with Crippen LogP contribution in [0.3, 0.4) is 0 Å². The number of hydrogen-bond donors (Lipinski definition) is 0. The highest BCUT2D eigenvalue weighted by atomic mass is 35.5. The average molecular weight is 147 g/mol. The van der Waals surface area contributed by atoms with Crippen molar-refractivity contribution in [3.05, 3.63) is 18.0 Å². The molecular weight excluding hydrogens is 136 g/mol. The van der Waals surface area contributed by atoms with Crippen molar-refractivity contribution >= 4 is 0 Å². The molecule has 2 nitrogen and oxygen atoms in total. The molecule has 1 aromatic heterocycles. The SMILES string of the molecule is Cc1cn(C)[n+](C)c1.[Cl-]. The smallest absolute Gasteiger partial charge is 0.198 e. The van der Waals surface area contributed by atoms with Gasteiger partial charge in [0, 0.05) is 5.56 Å². The Morgan fingerprint density at radius 1 is 1.56 bits per heavy atom. The summed E-state index contributed by atoms with van der Waals surface area (Å²) in [6.07, 6.45) is 4.17. The van der Waals surface area contributed by atoms with Crippen molar-refractivity contribution in [3.63, 3.8) is 0 Å². The largest absolute Gasteiger partial charge is 1.00 e. The lowest BCUT2D eigenvalue weighted by molar-refractivity contribution is -0.751. The Balaban J connectivity index is 0.000000640. The van der Waals surface area contributed by atoms with E-state index in [1.165, 1.54) is 5.56 Å². The van der Waals surface area contributed by atoms with Gasteiger partial charge in [-0.05, 0) is 6.92 Å². The van der Waals surface area contributed by atoms with Gasteiger partial charge in [-0.15, -0.1) is 4.68 Å². The first kappa shape index (κ1) is 8.50. The lowest BCUT2D eigenvalue weighted by Crippen LogP contribution is -3.00. The molecule has 0 atom stereocenters. The number of hydrogen-bond acceptors (Lipinski definition) is 0. The summed E-state index contributed by atoms with van der Waals surface area (Å²) in [5.41, 5.74) is 1.30. The van der Waals surface area contributed by atoms with Crippen molar-refractivity contribution in [2.45, 2.75) is 6.92 Å². The monoisotopic (exact) mass is 146 g/mol. The van der Waals surface area contributed by atoms with Gasteiger partial charge in [-0.1, -0.05) is 0 Å². The van der Waals surface area contributed by atoms with Crippen LogP contribution in [0.1, 0.15) is 5.56 Å². The number of aryl methyl sites for hydroxylation is 3. The molecule has 1 heterocycles. The summed E-state index contributed by atoms with van der Waals surface area (Å²) in [5.74, 6) is 0. The van der Waals surface area contributed by atoms with Crippen LogP contribution in [-0.2, 0) is 14.1 Å². The fourth-order valence-corrected chi connectivity index (χ4v) is 0.805. The molecule has 0 spiro atoms. The predicted octanol–water partition coefficient (Wildman–Crippen LogP) is -2.84. The zero-order valence-corrected chi connectivity index (χ0v) is 6.68. The van der Waals surface area contributed by atoms with Gasteiger partial charge in [0.05, 0.1) is 13.2 Å². The van der Waals surface area contributed by atoms with Crippen molar-refractivity contribution < 1.29 is 17.1 Å². The van der Waals surface area contributed by atoms with Gasteiger partial charge in [0.1, 0.15) is 0 Å². The molecule has 0 saturated heterocycles. The molecule has 52 valence electrons. The van der Waals surface area contributed by atoms with E-state index in [0.29, 0.717) is 0 Å². The van der Waals surface area contributed by atoms with E-state index < -0.39 is 0 Å². The van der Waals surface area contributed by atoms with Crippen molar-refractivity contribution in [2.75, 3.05) is 0 Å². The molecule has 0 N–H and O–H groups in total. The molecule has 9 heavy (non-hydrogen) atoms. The Labute approximate surface area is 61.5 Å². The Morgan fingerprint density at radius 2 is 2.11 bits per heavy atom. The molecule has 0 fully saturated rings. The second-order valence-corrected chi connectivity index (χ2v) is 2.15. The zero-order chi connectivity index (χ0) is 6.15. The van der Waals surface area contributed by atoms with Crippen LogP contribution in [0.4, 0.5) is 0 Å². The van der Waals surface area contributed by atoms with Gasteiger partial charge in [0.15, 0.2) is 13.2 Å². The fourth-order valence-electron chi connectivity index (χ4n) is 0.805. The van der Waals surface area contributed by atoms with Gasteiger partial charge in [-0.3, -0.25) is 0 Å². The Morgan fingerprint density at radius 3 is 2.22 bits per heavy atom. The first-order chi connectivity index (χ1) is 3.70. The van der Waals surface area contributed by atoms with Crippen molar-refractivity contribution in [2.24, 2.45) is 14.1 Å². The molecule has 0 aromatic carbocycles. The summed E-state index contributed by atoms with van der Waals surface area (Å²) in [7, 11) is 4.04. The van der Waals surface area contributed by atoms with E-state index in [4.69, 9.17) is 0 Å². The van der Waals surface area contributed by atoms with Crippen LogP contribution in [-0.4, -0.2) is 4.68 Å². The van der Waals surface area contributed by atoms with Crippen molar-refractivity contribution in [1.82, 2.24) is 4.68 Å². The topological polar surface area (TPSA) is 8.81 Å². The molecule has 3 heteroatoms. The lowest BCUT2D eigenvalue weighted by atomic mass is 10.4. The van der Waals surface area contributed by atoms with E-state index in [-0.39, 0.29) is 12.4 Å². The molecule has 0 aliphatic carbocycles. The molecule has 1 aromatic rings. The van der Waals surface area contributed by atoms with Gasteiger partial charge < -0.3 is 12.4 Å². The molecule has 0 saturated carbocycles. The summed E-state index contributed by atoms with van der Waals surface area (Å²) >= 11 is 0. The Bertz CT molecular complexity index is 173. The van der Waals surface area contributed by atoms with Crippen molar-refractivity contribution in [3.8, 4) is 0 Å². The second-order valence-electron chi connectivity index (χ2n) is 2.15. The highest BCUT2D eigenvalue weighted by Gasteiger charge is 1.97. The first-order valence-electron chi connectivity index (χ1n) is 2.69. The highest BCUT2D eigenvalue weighted by molar-refractivity contribution is 4.94. The van der Waals surface area contributed by atoms with Crippen LogP contribution in [0.25, 0.3) is 0 Å². The van der Waals surface area contributed by atoms with E-state index in [2.05, 4.69) is 19.3 Å². The lowest BCUT2D eigenvalue weighted by Gasteiger charge is -1.82. The quantitative estimate of drug-likeness (QED) is 0.349. The van der Waals surface area contributed by atoms with Gasteiger partial charge >= 0.3 is 0 Å². The standard InChI is InChI=1S/C6H11N2.ClH/c1-6-4-7(2)8(3)5-6;/h4-5H,1-3H3;1H/q+1;/p-1. The molecule has 0 unspecified atom stereocenters. The summed E-state index contributed by atoms with van der Waals surface area (Å²) in [6.45, 7) is 2.08. The maximum absolute atomic E-state index is 2.08. The Hall–Kier alpha value is -0.500. The maximum atomic E-state index is 2.08. The van der Waals surface area contributed by atoms with Crippen LogP contribution in [0, 0.1) is 6.92 Å². The minimum atomic E-state index is 0. The molecule has 0 radical (unpaired) electrons. The second kappa shape index (κ2) is 2.87. The van der Waals surface area contributed by atoms with Gasteiger partial charge in [0.2, 0.25) is 0 Å². The minimum Gasteiger partial charge on any atom is -1.00 e. The molecule has 0 aliphatic rings. The van der Waals surface area contributed by atoms with E-state index >= 15 is 0 Å². The maximum Gasteiger partial charge on any atom is 0.198 e. The summed E-state index contributed by atoms with van der Waals surface area (Å²) in [5, 5.41) is 0. The number of rotatable bonds is 0. The number of aromatic nitrogens is 2.